The van der Waals surface area contributed by atoms with Crippen LogP contribution < -0.4 is 4.90 Å². The van der Waals surface area contributed by atoms with Crippen molar-refractivity contribution in [3.05, 3.63) is 29.3 Å². The molecular formula is C15H22N2O2. The van der Waals surface area contributed by atoms with Gasteiger partial charge in [0.15, 0.2) is 0 Å². The standard InChI is InChI=1S/C15H22N2O2/c1-11-5-6-12(14(18)19)13(9-11)17-8-7-16(4)15(2,3)10-17/h5-6,9H,7-8,10H2,1-4H3,(H,18,19). The summed E-state index contributed by atoms with van der Waals surface area (Å²) in [6.45, 7) is 9.03. The number of anilines is 1. The minimum Gasteiger partial charge on any atom is -0.478 e. The highest BCUT2D eigenvalue weighted by molar-refractivity contribution is 5.94. The Balaban J connectivity index is 2.36. The van der Waals surface area contributed by atoms with Gasteiger partial charge in [0.25, 0.3) is 0 Å². The molecule has 2 rings (SSSR count). The van der Waals surface area contributed by atoms with Crippen LogP contribution in [-0.2, 0) is 0 Å². The van der Waals surface area contributed by atoms with Gasteiger partial charge in [-0.25, -0.2) is 4.79 Å². The Morgan fingerprint density at radius 1 is 1.32 bits per heavy atom. The van der Waals surface area contributed by atoms with Gasteiger partial charge in [-0.3, -0.25) is 4.90 Å². The molecule has 1 heterocycles. The number of likely N-dealkylation sites (N-methyl/N-ethyl adjacent to an activating group) is 1. The van der Waals surface area contributed by atoms with Crippen LogP contribution in [0.1, 0.15) is 29.8 Å². The summed E-state index contributed by atoms with van der Waals surface area (Å²) < 4.78 is 0. The fourth-order valence-electron chi connectivity index (χ4n) is 2.53. The highest BCUT2D eigenvalue weighted by Crippen LogP contribution is 2.28. The second-order valence-corrected chi connectivity index (χ2v) is 5.98. The van der Waals surface area contributed by atoms with Crippen LogP contribution >= 0.6 is 0 Å². The van der Waals surface area contributed by atoms with Gasteiger partial charge in [0.05, 0.1) is 11.3 Å². The molecule has 4 nitrogen and oxygen atoms in total. The Morgan fingerprint density at radius 2 is 2.00 bits per heavy atom. The zero-order valence-corrected chi connectivity index (χ0v) is 12.1. The SMILES string of the molecule is Cc1ccc(C(=O)O)c(N2CCN(C)C(C)(C)C2)c1. The van der Waals surface area contributed by atoms with Crippen molar-refractivity contribution in [3.63, 3.8) is 0 Å². The highest BCUT2D eigenvalue weighted by Gasteiger charge is 2.32. The number of carbonyl (C=O) groups is 1. The first-order chi connectivity index (χ1) is 8.81. The molecule has 0 unspecified atom stereocenters. The molecule has 1 aliphatic rings. The summed E-state index contributed by atoms with van der Waals surface area (Å²) in [5.41, 5.74) is 2.38. The number of piperazine rings is 1. The lowest BCUT2D eigenvalue weighted by molar-refractivity contribution is 0.0696. The van der Waals surface area contributed by atoms with Gasteiger partial charge in [-0.2, -0.15) is 0 Å². The van der Waals surface area contributed by atoms with Crippen LogP contribution in [0.2, 0.25) is 0 Å². The van der Waals surface area contributed by atoms with Gasteiger partial charge in [-0.05, 0) is 45.5 Å². The van der Waals surface area contributed by atoms with E-state index in [9.17, 15) is 9.90 Å². The molecule has 0 saturated carbocycles. The number of aryl methyl sites for hydroxylation is 1. The Labute approximate surface area is 114 Å². The van der Waals surface area contributed by atoms with E-state index in [4.69, 9.17) is 0 Å². The number of hydrogen-bond donors (Lipinski definition) is 1. The summed E-state index contributed by atoms with van der Waals surface area (Å²) in [4.78, 5) is 15.9. The number of nitrogens with zero attached hydrogens (tertiary/aromatic N) is 2. The monoisotopic (exact) mass is 262 g/mol. The van der Waals surface area contributed by atoms with E-state index >= 15 is 0 Å². The maximum absolute atomic E-state index is 11.4. The third kappa shape index (κ3) is 2.73. The Kier molecular flexibility index (Phi) is 3.54. The number of carboxylic acids is 1. The van der Waals surface area contributed by atoms with E-state index in [1.54, 1.807) is 6.07 Å². The first-order valence-corrected chi connectivity index (χ1v) is 6.61. The fraction of sp³-hybridized carbons (Fsp3) is 0.533. The Hall–Kier alpha value is -1.55. The van der Waals surface area contributed by atoms with Gasteiger partial charge in [0.1, 0.15) is 0 Å². The van der Waals surface area contributed by atoms with Crippen molar-refractivity contribution in [3.8, 4) is 0 Å². The molecule has 0 radical (unpaired) electrons. The van der Waals surface area contributed by atoms with E-state index < -0.39 is 5.97 Å². The average Bonchev–Trinajstić information content (AvgIpc) is 2.32. The minimum atomic E-state index is -0.855. The third-order valence-corrected chi connectivity index (χ3v) is 4.04. The lowest BCUT2D eigenvalue weighted by Crippen LogP contribution is -2.58. The molecule has 0 aromatic heterocycles. The largest absolute Gasteiger partial charge is 0.478 e. The predicted octanol–water partition coefficient (Wildman–Crippen LogP) is 2.22. The van der Waals surface area contributed by atoms with E-state index in [2.05, 4.69) is 30.7 Å². The van der Waals surface area contributed by atoms with Crippen molar-refractivity contribution in [1.82, 2.24) is 4.90 Å². The zero-order chi connectivity index (χ0) is 14.2. The van der Waals surface area contributed by atoms with Crippen molar-refractivity contribution in [2.45, 2.75) is 26.3 Å². The number of carboxylic acid groups (broad SMARTS) is 1. The van der Waals surface area contributed by atoms with Crippen molar-refractivity contribution in [2.24, 2.45) is 0 Å². The van der Waals surface area contributed by atoms with Crippen LogP contribution in [0.15, 0.2) is 18.2 Å². The Morgan fingerprint density at radius 3 is 2.58 bits per heavy atom. The minimum absolute atomic E-state index is 0.0533. The van der Waals surface area contributed by atoms with Crippen LogP contribution in [0.3, 0.4) is 0 Å². The maximum Gasteiger partial charge on any atom is 0.337 e. The molecule has 0 spiro atoms. The summed E-state index contributed by atoms with van der Waals surface area (Å²) in [5, 5.41) is 9.33. The van der Waals surface area contributed by atoms with Gasteiger partial charge in [0, 0.05) is 25.2 Å². The van der Waals surface area contributed by atoms with Crippen molar-refractivity contribution in [1.29, 1.82) is 0 Å². The molecule has 1 fully saturated rings. The molecule has 104 valence electrons. The molecule has 0 atom stereocenters. The topological polar surface area (TPSA) is 43.8 Å². The molecule has 4 heteroatoms. The summed E-state index contributed by atoms with van der Waals surface area (Å²) in [5.74, 6) is -0.855. The summed E-state index contributed by atoms with van der Waals surface area (Å²) in [6, 6.07) is 5.54. The van der Waals surface area contributed by atoms with E-state index in [1.165, 1.54) is 0 Å². The van der Waals surface area contributed by atoms with E-state index in [0.717, 1.165) is 30.9 Å². The number of rotatable bonds is 2. The first kappa shape index (κ1) is 13.9. The van der Waals surface area contributed by atoms with Crippen LogP contribution in [0.4, 0.5) is 5.69 Å². The summed E-state index contributed by atoms with van der Waals surface area (Å²) in [7, 11) is 2.12. The molecule has 0 bridgehead atoms. The molecule has 1 N–H and O–H groups in total. The Bertz CT molecular complexity index is 497. The quantitative estimate of drug-likeness (QED) is 0.887. The second-order valence-electron chi connectivity index (χ2n) is 5.98. The van der Waals surface area contributed by atoms with Gasteiger partial charge >= 0.3 is 5.97 Å². The second kappa shape index (κ2) is 4.85. The van der Waals surface area contributed by atoms with Crippen molar-refractivity contribution >= 4 is 11.7 Å². The van der Waals surface area contributed by atoms with Crippen LogP contribution in [-0.4, -0.2) is 48.2 Å². The summed E-state index contributed by atoms with van der Waals surface area (Å²) in [6.07, 6.45) is 0. The van der Waals surface area contributed by atoms with Crippen LogP contribution in [0, 0.1) is 6.92 Å². The molecule has 19 heavy (non-hydrogen) atoms. The van der Waals surface area contributed by atoms with E-state index in [1.807, 2.05) is 19.1 Å². The van der Waals surface area contributed by atoms with Gasteiger partial charge < -0.3 is 10.0 Å². The first-order valence-electron chi connectivity index (χ1n) is 6.61. The number of hydrogen-bond acceptors (Lipinski definition) is 3. The van der Waals surface area contributed by atoms with Crippen molar-refractivity contribution < 1.29 is 9.90 Å². The summed E-state index contributed by atoms with van der Waals surface area (Å²) >= 11 is 0. The van der Waals surface area contributed by atoms with E-state index in [0.29, 0.717) is 5.56 Å². The molecule has 0 aliphatic carbocycles. The van der Waals surface area contributed by atoms with Crippen molar-refractivity contribution in [2.75, 3.05) is 31.6 Å². The molecular weight excluding hydrogens is 240 g/mol. The molecule has 1 aromatic carbocycles. The number of benzene rings is 1. The number of aromatic carboxylic acids is 1. The van der Waals surface area contributed by atoms with Gasteiger partial charge in [0.2, 0.25) is 0 Å². The zero-order valence-electron chi connectivity index (χ0n) is 12.1. The lowest BCUT2D eigenvalue weighted by Gasteiger charge is -2.46. The predicted molar refractivity (Wildman–Crippen MR) is 77.1 cm³/mol. The third-order valence-electron chi connectivity index (χ3n) is 4.04. The smallest absolute Gasteiger partial charge is 0.337 e. The lowest BCUT2D eigenvalue weighted by atomic mass is 9.98. The molecule has 1 aromatic rings. The normalized spacial score (nSPS) is 19.5. The average molecular weight is 262 g/mol. The van der Waals surface area contributed by atoms with Crippen LogP contribution in [0.25, 0.3) is 0 Å². The highest BCUT2D eigenvalue weighted by atomic mass is 16.4. The fourth-order valence-corrected chi connectivity index (χ4v) is 2.53. The van der Waals surface area contributed by atoms with E-state index in [-0.39, 0.29) is 5.54 Å². The van der Waals surface area contributed by atoms with Gasteiger partial charge in [-0.15, -0.1) is 0 Å². The molecule has 1 aliphatic heterocycles. The maximum atomic E-state index is 11.4. The van der Waals surface area contributed by atoms with Crippen LogP contribution in [0.5, 0.6) is 0 Å². The van der Waals surface area contributed by atoms with Gasteiger partial charge in [-0.1, -0.05) is 6.07 Å². The molecule has 0 amide bonds. The molecule has 1 saturated heterocycles.